The molecule has 0 heterocycles. The van der Waals surface area contributed by atoms with E-state index in [4.69, 9.17) is 10.8 Å². The van der Waals surface area contributed by atoms with Crippen LogP contribution in [0.1, 0.15) is 12.0 Å². The molecule has 0 aliphatic heterocycles. The highest BCUT2D eigenvalue weighted by Crippen LogP contribution is 2.09. The number of carbonyl (C=O) groups is 1. The van der Waals surface area contributed by atoms with E-state index in [0.29, 0.717) is 0 Å². The third-order valence-electron chi connectivity index (χ3n) is 2.20. The number of rotatable bonds is 5. The number of carboxylic acid groups (broad SMARTS) is 1. The van der Waals surface area contributed by atoms with Crippen molar-refractivity contribution >= 4 is 5.97 Å². The van der Waals surface area contributed by atoms with Gasteiger partial charge in [-0.1, -0.05) is 36.4 Å². The van der Waals surface area contributed by atoms with Gasteiger partial charge in [0.1, 0.15) is 0 Å². The van der Waals surface area contributed by atoms with Gasteiger partial charge in [-0.05, 0) is 30.2 Å². The molecule has 1 rings (SSSR count). The van der Waals surface area contributed by atoms with Crippen molar-refractivity contribution in [2.24, 2.45) is 5.73 Å². The van der Waals surface area contributed by atoms with Crippen molar-refractivity contribution in [2.75, 3.05) is 0 Å². The summed E-state index contributed by atoms with van der Waals surface area (Å²) in [5, 5.41) is 8.49. The summed E-state index contributed by atoms with van der Waals surface area (Å²) in [7, 11) is 0. The zero-order valence-corrected chi connectivity index (χ0v) is 8.97. The summed E-state index contributed by atoms with van der Waals surface area (Å²) >= 11 is 0. The van der Waals surface area contributed by atoms with E-state index in [-0.39, 0.29) is 0 Å². The number of hydrogen-bond acceptors (Lipinski definition) is 2. The molecule has 0 spiro atoms. The van der Waals surface area contributed by atoms with Crippen molar-refractivity contribution in [3.63, 3.8) is 0 Å². The Bertz CT molecular complexity index is 394. The van der Waals surface area contributed by atoms with Gasteiger partial charge in [0.15, 0.2) is 0 Å². The van der Waals surface area contributed by atoms with Gasteiger partial charge in [0, 0.05) is 6.08 Å². The number of hydrogen-bond donors (Lipinski definition) is 2. The molecule has 16 heavy (non-hydrogen) atoms. The summed E-state index contributed by atoms with van der Waals surface area (Å²) in [5.41, 5.74) is 7.46. The molecule has 1 aromatic rings. The first-order valence-electron chi connectivity index (χ1n) is 5.08. The Hall–Kier alpha value is -2.03. The van der Waals surface area contributed by atoms with Crippen LogP contribution in [0, 0.1) is 0 Å². The predicted molar refractivity (Wildman–Crippen MR) is 63.8 cm³/mol. The number of aryl methyl sites for hydroxylation is 1. The van der Waals surface area contributed by atoms with Crippen molar-refractivity contribution in [1.82, 2.24) is 0 Å². The summed E-state index contributed by atoms with van der Waals surface area (Å²) in [6.07, 6.45) is 5.68. The Morgan fingerprint density at radius 3 is 2.50 bits per heavy atom. The van der Waals surface area contributed by atoms with Gasteiger partial charge in [0.25, 0.3) is 0 Å². The summed E-state index contributed by atoms with van der Waals surface area (Å²) in [5.74, 6) is -0.959. The number of benzene rings is 1. The van der Waals surface area contributed by atoms with E-state index >= 15 is 0 Å². The average molecular weight is 217 g/mol. The maximum atomic E-state index is 10.3. The summed E-state index contributed by atoms with van der Waals surface area (Å²) in [6.45, 7) is 0. The first kappa shape index (κ1) is 12.0. The van der Waals surface area contributed by atoms with Gasteiger partial charge >= 0.3 is 5.97 Å². The molecule has 0 atom stereocenters. The molecule has 3 heteroatoms. The fourth-order valence-corrected chi connectivity index (χ4v) is 1.33. The zero-order chi connectivity index (χ0) is 11.8. The molecule has 1 aromatic carbocycles. The van der Waals surface area contributed by atoms with E-state index in [0.717, 1.165) is 24.5 Å². The SMILES string of the molecule is N/C=C(\C=C\C(=O)O)CCc1ccccc1. The van der Waals surface area contributed by atoms with Crippen molar-refractivity contribution < 1.29 is 9.90 Å². The van der Waals surface area contributed by atoms with Crippen molar-refractivity contribution in [1.29, 1.82) is 0 Å². The number of aliphatic carboxylic acids is 1. The highest BCUT2D eigenvalue weighted by molar-refractivity contribution is 5.80. The monoisotopic (exact) mass is 217 g/mol. The van der Waals surface area contributed by atoms with Crippen LogP contribution < -0.4 is 5.73 Å². The lowest BCUT2D eigenvalue weighted by Crippen LogP contribution is -1.93. The minimum atomic E-state index is -0.959. The van der Waals surface area contributed by atoms with E-state index in [1.54, 1.807) is 0 Å². The van der Waals surface area contributed by atoms with Gasteiger partial charge in [-0.2, -0.15) is 0 Å². The van der Waals surface area contributed by atoms with Crippen LogP contribution in [0.3, 0.4) is 0 Å². The van der Waals surface area contributed by atoms with Crippen molar-refractivity contribution in [2.45, 2.75) is 12.8 Å². The van der Waals surface area contributed by atoms with Gasteiger partial charge in [-0.15, -0.1) is 0 Å². The molecular weight excluding hydrogens is 202 g/mol. The van der Waals surface area contributed by atoms with Crippen LogP contribution in [-0.2, 0) is 11.2 Å². The first-order chi connectivity index (χ1) is 7.72. The molecule has 0 bridgehead atoms. The van der Waals surface area contributed by atoms with Gasteiger partial charge < -0.3 is 10.8 Å². The van der Waals surface area contributed by atoms with E-state index in [2.05, 4.69) is 0 Å². The van der Waals surface area contributed by atoms with Crippen LogP contribution in [0.25, 0.3) is 0 Å². The average Bonchev–Trinajstić information content (AvgIpc) is 2.30. The first-order valence-corrected chi connectivity index (χ1v) is 5.08. The molecule has 0 amide bonds. The molecule has 3 nitrogen and oxygen atoms in total. The quantitative estimate of drug-likeness (QED) is 0.586. The fourth-order valence-electron chi connectivity index (χ4n) is 1.33. The largest absolute Gasteiger partial charge is 0.478 e. The van der Waals surface area contributed by atoms with Crippen molar-refractivity contribution in [3.05, 3.63) is 59.8 Å². The van der Waals surface area contributed by atoms with E-state index in [1.807, 2.05) is 30.3 Å². The minimum absolute atomic E-state index is 0.740. The second-order valence-corrected chi connectivity index (χ2v) is 3.40. The number of nitrogens with two attached hydrogens (primary N) is 1. The smallest absolute Gasteiger partial charge is 0.328 e. The Labute approximate surface area is 94.9 Å². The fraction of sp³-hybridized carbons (Fsp3) is 0.154. The lowest BCUT2D eigenvalue weighted by atomic mass is 10.1. The predicted octanol–water partition coefficient (Wildman–Crippen LogP) is 2.10. The summed E-state index contributed by atoms with van der Waals surface area (Å²) in [6, 6.07) is 10.0. The Kier molecular flexibility index (Phi) is 4.86. The maximum Gasteiger partial charge on any atom is 0.328 e. The van der Waals surface area contributed by atoms with Gasteiger partial charge in [-0.3, -0.25) is 0 Å². The second-order valence-electron chi connectivity index (χ2n) is 3.40. The molecular formula is C13H15NO2. The molecule has 0 radical (unpaired) electrons. The molecule has 0 aliphatic carbocycles. The Balaban J connectivity index is 2.50. The standard InChI is InChI=1S/C13H15NO2/c14-10-12(8-9-13(15)16)7-6-11-4-2-1-3-5-11/h1-5,8-10H,6-7,14H2,(H,15,16)/b9-8+,12-10-. The maximum absolute atomic E-state index is 10.3. The molecule has 0 saturated heterocycles. The third-order valence-corrected chi connectivity index (χ3v) is 2.20. The second kappa shape index (κ2) is 6.45. The summed E-state index contributed by atoms with van der Waals surface area (Å²) in [4.78, 5) is 10.3. The Morgan fingerprint density at radius 2 is 1.94 bits per heavy atom. The van der Waals surface area contributed by atoms with Crippen molar-refractivity contribution in [3.8, 4) is 0 Å². The Morgan fingerprint density at radius 1 is 1.25 bits per heavy atom. The van der Waals surface area contributed by atoms with Gasteiger partial charge in [0.2, 0.25) is 0 Å². The highest BCUT2D eigenvalue weighted by atomic mass is 16.4. The summed E-state index contributed by atoms with van der Waals surface area (Å²) < 4.78 is 0. The normalized spacial score (nSPS) is 11.9. The van der Waals surface area contributed by atoms with Crippen LogP contribution >= 0.6 is 0 Å². The minimum Gasteiger partial charge on any atom is -0.478 e. The molecule has 84 valence electrons. The van der Waals surface area contributed by atoms with Crippen LogP contribution in [0.2, 0.25) is 0 Å². The molecule has 0 aromatic heterocycles. The molecule has 0 saturated carbocycles. The molecule has 0 fully saturated rings. The van der Waals surface area contributed by atoms with Crippen LogP contribution in [-0.4, -0.2) is 11.1 Å². The lowest BCUT2D eigenvalue weighted by Gasteiger charge is -2.01. The van der Waals surface area contributed by atoms with E-state index < -0.39 is 5.97 Å². The van der Waals surface area contributed by atoms with Crippen LogP contribution in [0.4, 0.5) is 0 Å². The van der Waals surface area contributed by atoms with Crippen LogP contribution in [0.15, 0.2) is 54.3 Å². The molecule has 0 unspecified atom stereocenters. The van der Waals surface area contributed by atoms with Gasteiger partial charge in [-0.25, -0.2) is 4.79 Å². The highest BCUT2D eigenvalue weighted by Gasteiger charge is 1.96. The zero-order valence-electron chi connectivity index (χ0n) is 8.97. The topological polar surface area (TPSA) is 63.3 Å². The van der Waals surface area contributed by atoms with Crippen LogP contribution in [0.5, 0.6) is 0 Å². The number of carboxylic acids is 1. The number of allylic oxidation sites excluding steroid dienone is 2. The molecule has 3 N–H and O–H groups in total. The third kappa shape index (κ3) is 4.46. The lowest BCUT2D eigenvalue weighted by molar-refractivity contribution is -0.131. The molecule has 0 aliphatic rings. The van der Waals surface area contributed by atoms with E-state index in [9.17, 15) is 4.79 Å². The van der Waals surface area contributed by atoms with Gasteiger partial charge in [0.05, 0.1) is 0 Å². The van der Waals surface area contributed by atoms with E-state index in [1.165, 1.54) is 17.8 Å².